The summed E-state index contributed by atoms with van der Waals surface area (Å²) in [5.74, 6) is 0.556. The maximum absolute atomic E-state index is 13.5. The van der Waals surface area contributed by atoms with Crippen LogP contribution in [0.5, 0.6) is 0 Å². The van der Waals surface area contributed by atoms with E-state index in [1.165, 1.54) is 12.1 Å². The van der Waals surface area contributed by atoms with Gasteiger partial charge in [-0.2, -0.15) is 0 Å². The Bertz CT molecular complexity index is 1050. The first-order valence-corrected chi connectivity index (χ1v) is 8.63. The average Bonchev–Trinajstić information content (AvgIpc) is 2.96. The molecule has 0 radical (unpaired) electrons. The lowest BCUT2D eigenvalue weighted by atomic mass is 9.96. The molecule has 4 aromatic rings. The topological polar surface area (TPSA) is 40.7 Å². The molecule has 0 bridgehead atoms. The summed E-state index contributed by atoms with van der Waals surface area (Å²) in [4.78, 5) is 7.90. The number of halogens is 1. The number of fused-ring (bicyclic) bond motifs is 1. The van der Waals surface area contributed by atoms with Crippen LogP contribution in [-0.2, 0) is 0 Å². The highest BCUT2D eigenvalue weighted by Gasteiger charge is 2.21. The lowest BCUT2D eigenvalue weighted by molar-refractivity contribution is 0.626. The summed E-state index contributed by atoms with van der Waals surface area (Å²) in [7, 11) is 0. The monoisotopic (exact) mass is 345 g/mol. The minimum Gasteiger partial charge on any atom is -0.359 e. The largest absolute Gasteiger partial charge is 0.359 e. The first kappa shape index (κ1) is 16.3. The number of nitrogens with zero attached hydrogens (tertiary/aromatic N) is 1. The third-order valence-electron chi connectivity index (χ3n) is 4.64. The van der Waals surface area contributed by atoms with Crippen molar-refractivity contribution in [3.63, 3.8) is 0 Å². The molecule has 0 aliphatic rings. The molecule has 2 N–H and O–H groups in total. The number of pyridine rings is 1. The van der Waals surface area contributed by atoms with Crippen LogP contribution >= 0.6 is 0 Å². The molecular weight excluding hydrogens is 325 g/mol. The van der Waals surface area contributed by atoms with Gasteiger partial charge < -0.3 is 10.3 Å². The molecule has 0 aliphatic carbocycles. The van der Waals surface area contributed by atoms with E-state index < -0.39 is 0 Å². The quantitative estimate of drug-likeness (QED) is 0.511. The molecule has 4 rings (SSSR count). The summed E-state index contributed by atoms with van der Waals surface area (Å²) in [6.45, 7) is 4.11. The summed E-state index contributed by atoms with van der Waals surface area (Å²) in [6.07, 6.45) is 1.79. The van der Waals surface area contributed by atoms with E-state index in [9.17, 15) is 4.39 Å². The molecule has 130 valence electrons. The first-order valence-electron chi connectivity index (χ1n) is 8.63. The number of rotatable bonds is 4. The highest BCUT2D eigenvalue weighted by molar-refractivity contribution is 5.86. The number of aryl methyl sites for hydroxylation is 2. The summed E-state index contributed by atoms with van der Waals surface area (Å²) in [5, 5.41) is 4.69. The minimum absolute atomic E-state index is 0.138. The molecule has 0 fully saturated rings. The fourth-order valence-electron chi connectivity index (χ4n) is 3.41. The van der Waals surface area contributed by atoms with Gasteiger partial charge in [0.2, 0.25) is 0 Å². The van der Waals surface area contributed by atoms with Crippen molar-refractivity contribution in [1.29, 1.82) is 0 Å². The zero-order valence-electron chi connectivity index (χ0n) is 14.8. The SMILES string of the molecule is Cc1ccnc(N[C@H](c2ccc(F)cc2)c2c(C)[nH]c3ccccc23)c1. The third kappa shape index (κ3) is 3.06. The number of hydrogen-bond acceptors (Lipinski definition) is 2. The molecule has 2 aromatic heterocycles. The molecule has 0 saturated carbocycles. The number of benzene rings is 2. The van der Waals surface area contributed by atoms with E-state index in [1.54, 1.807) is 6.20 Å². The van der Waals surface area contributed by atoms with Gasteiger partial charge in [0.25, 0.3) is 0 Å². The maximum atomic E-state index is 13.5. The van der Waals surface area contributed by atoms with Crippen molar-refractivity contribution in [2.75, 3.05) is 5.32 Å². The normalized spacial score (nSPS) is 12.3. The van der Waals surface area contributed by atoms with Crippen molar-refractivity contribution in [3.05, 3.63) is 95.1 Å². The number of aromatic nitrogens is 2. The van der Waals surface area contributed by atoms with Crippen molar-refractivity contribution in [1.82, 2.24) is 9.97 Å². The van der Waals surface area contributed by atoms with Gasteiger partial charge in [0.1, 0.15) is 11.6 Å². The standard InChI is InChI=1S/C22H20FN3/c1-14-11-12-24-20(13-14)26-22(16-7-9-17(23)10-8-16)21-15(2)25-19-6-4-3-5-18(19)21/h3-13,22,25H,1-2H3,(H,24,26)/t22-/m1/s1. The molecular formula is C22H20FN3. The predicted octanol–water partition coefficient (Wildman–Crippen LogP) is 5.52. The Kier molecular flexibility index (Phi) is 4.17. The van der Waals surface area contributed by atoms with Crippen molar-refractivity contribution in [3.8, 4) is 0 Å². The Morgan fingerprint density at radius 1 is 1.00 bits per heavy atom. The molecule has 3 nitrogen and oxygen atoms in total. The Balaban J connectivity index is 1.87. The van der Waals surface area contributed by atoms with Gasteiger partial charge in [-0.05, 0) is 55.3 Å². The lowest BCUT2D eigenvalue weighted by Crippen LogP contribution is -2.14. The molecule has 0 amide bonds. The number of hydrogen-bond donors (Lipinski definition) is 2. The second kappa shape index (κ2) is 6.64. The van der Waals surface area contributed by atoms with Crippen LogP contribution in [0.2, 0.25) is 0 Å². The number of H-pyrrole nitrogens is 1. The Morgan fingerprint density at radius 3 is 2.54 bits per heavy atom. The summed E-state index contributed by atoms with van der Waals surface area (Å²) in [6, 6.07) is 18.7. The highest BCUT2D eigenvalue weighted by Crippen LogP contribution is 2.34. The number of anilines is 1. The highest BCUT2D eigenvalue weighted by atomic mass is 19.1. The van der Waals surface area contributed by atoms with Gasteiger partial charge in [-0.1, -0.05) is 30.3 Å². The molecule has 2 heterocycles. The predicted molar refractivity (Wildman–Crippen MR) is 104 cm³/mol. The summed E-state index contributed by atoms with van der Waals surface area (Å²) < 4.78 is 13.5. The van der Waals surface area contributed by atoms with Crippen LogP contribution in [0, 0.1) is 19.7 Å². The fraction of sp³-hybridized carbons (Fsp3) is 0.136. The molecule has 0 unspecified atom stereocenters. The van der Waals surface area contributed by atoms with Gasteiger partial charge in [-0.3, -0.25) is 0 Å². The van der Waals surface area contributed by atoms with E-state index in [1.807, 2.05) is 43.3 Å². The Labute approximate surface area is 151 Å². The van der Waals surface area contributed by atoms with Crippen LogP contribution in [-0.4, -0.2) is 9.97 Å². The van der Waals surface area contributed by atoms with Crippen molar-refractivity contribution in [2.45, 2.75) is 19.9 Å². The van der Waals surface area contributed by atoms with Crippen LogP contribution in [0.1, 0.15) is 28.4 Å². The van der Waals surface area contributed by atoms with E-state index in [2.05, 4.69) is 34.3 Å². The minimum atomic E-state index is -0.239. The van der Waals surface area contributed by atoms with E-state index in [4.69, 9.17) is 0 Å². The van der Waals surface area contributed by atoms with Gasteiger partial charge in [0.15, 0.2) is 0 Å². The van der Waals surface area contributed by atoms with Crippen LogP contribution in [0.15, 0.2) is 66.9 Å². The van der Waals surface area contributed by atoms with Gasteiger partial charge in [-0.25, -0.2) is 9.37 Å². The summed E-state index contributed by atoms with van der Waals surface area (Å²) in [5.41, 5.74) is 5.45. The van der Waals surface area contributed by atoms with Gasteiger partial charge in [0, 0.05) is 28.4 Å². The smallest absolute Gasteiger partial charge is 0.126 e. The van der Waals surface area contributed by atoms with Crippen molar-refractivity contribution >= 4 is 16.7 Å². The average molecular weight is 345 g/mol. The van der Waals surface area contributed by atoms with Crippen molar-refractivity contribution < 1.29 is 4.39 Å². The fourth-order valence-corrected chi connectivity index (χ4v) is 3.41. The van der Waals surface area contributed by atoms with Crippen molar-refractivity contribution in [2.24, 2.45) is 0 Å². The number of para-hydroxylation sites is 1. The van der Waals surface area contributed by atoms with Crippen LogP contribution in [0.25, 0.3) is 10.9 Å². The van der Waals surface area contributed by atoms with Crippen LogP contribution < -0.4 is 5.32 Å². The molecule has 4 heteroatoms. The second-order valence-electron chi connectivity index (χ2n) is 6.56. The molecule has 26 heavy (non-hydrogen) atoms. The van der Waals surface area contributed by atoms with Crippen LogP contribution in [0.4, 0.5) is 10.2 Å². The lowest BCUT2D eigenvalue weighted by Gasteiger charge is -2.21. The summed E-state index contributed by atoms with van der Waals surface area (Å²) >= 11 is 0. The molecule has 2 aromatic carbocycles. The van der Waals surface area contributed by atoms with E-state index in [-0.39, 0.29) is 11.9 Å². The zero-order valence-corrected chi connectivity index (χ0v) is 14.8. The van der Waals surface area contributed by atoms with Crippen LogP contribution in [0.3, 0.4) is 0 Å². The van der Waals surface area contributed by atoms with E-state index in [0.717, 1.165) is 39.1 Å². The number of aromatic amines is 1. The van der Waals surface area contributed by atoms with E-state index in [0.29, 0.717) is 0 Å². The Hall–Kier alpha value is -3.14. The first-order chi connectivity index (χ1) is 12.6. The maximum Gasteiger partial charge on any atom is 0.126 e. The van der Waals surface area contributed by atoms with E-state index >= 15 is 0 Å². The Morgan fingerprint density at radius 2 is 1.77 bits per heavy atom. The van der Waals surface area contributed by atoms with Gasteiger partial charge >= 0.3 is 0 Å². The molecule has 1 atom stereocenters. The number of nitrogens with one attached hydrogen (secondary N) is 2. The zero-order chi connectivity index (χ0) is 18.1. The molecule has 0 saturated heterocycles. The third-order valence-corrected chi connectivity index (χ3v) is 4.64. The van der Waals surface area contributed by atoms with Gasteiger partial charge in [-0.15, -0.1) is 0 Å². The van der Waals surface area contributed by atoms with Gasteiger partial charge in [0.05, 0.1) is 6.04 Å². The molecule has 0 aliphatic heterocycles. The molecule has 0 spiro atoms. The second-order valence-corrected chi connectivity index (χ2v) is 6.56.